The van der Waals surface area contributed by atoms with Crippen LogP contribution in [0.5, 0.6) is 0 Å². The highest BCUT2D eigenvalue weighted by atomic mass is 35.5. The third kappa shape index (κ3) is 3.15. The van der Waals surface area contributed by atoms with Crippen molar-refractivity contribution in [3.8, 4) is 0 Å². The molecule has 0 atom stereocenters. The summed E-state index contributed by atoms with van der Waals surface area (Å²) < 4.78 is 1.10. The number of nitrogens with zero attached hydrogens (tertiary/aromatic N) is 2. The van der Waals surface area contributed by atoms with Gasteiger partial charge >= 0.3 is 0 Å². The van der Waals surface area contributed by atoms with Gasteiger partial charge in [-0.15, -0.1) is 11.3 Å². The molecular formula is C14H9Cl2N3OS. The lowest BCUT2D eigenvalue weighted by Crippen LogP contribution is -2.22. The van der Waals surface area contributed by atoms with E-state index in [4.69, 9.17) is 23.2 Å². The lowest BCUT2D eigenvalue weighted by atomic mass is 10.3. The molecule has 0 aliphatic rings. The zero-order valence-electron chi connectivity index (χ0n) is 10.6. The van der Waals surface area contributed by atoms with E-state index in [2.05, 4.69) is 15.3 Å². The normalized spacial score (nSPS) is 10.8. The molecule has 7 heteroatoms. The van der Waals surface area contributed by atoms with Crippen LogP contribution in [0.3, 0.4) is 0 Å². The van der Waals surface area contributed by atoms with Crippen molar-refractivity contribution in [2.45, 2.75) is 6.54 Å². The van der Waals surface area contributed by atoms with Gasteiger partial charge < -0.3 is 5.32 Å². The third-order valence-corrected chi connectivity index (χ3v) is 4.52. The monoisotopic (exact) mass is 337 g/mol. The Bertz CT molecular complexity index is 786. The predicted octanol–water partition coefficient (Wildman–Crippen LogP) is 3.93. The Morgan fingerprint density at radius 2 is 2.10 bits per heavy atom. The summed E-state index contributed by atoms with van der Waals surface area (Å²) in [4.78, 5) is 20.3. The second kappa shape index (κ2) is 5.97. The van der Waals surface area contributed by atoms with Gasteiger partial charge in [0.1, 0.15) is 10.2 Å². The van der Waals surface area contributed by atoms with Crippen LogP contribution in [0.15, 0.2) is 36.5 Å². The fraction of sp³-hybridized carbons (Fsp3) is 0.0714. The molecule has 3 rings (SSSR count). The lowest BCUT2D eigenvalue weighted by molar-refractivity contribution is 0.0950. The van der Waals surface area contributed by atoms with Crippen LogP contribution in [-0.4, -0.2) is 15.9 Å². The summed E-state index contributed by atoms with van der Waals surface area (Å²) in [7, 11) is 0. The van der Waals surface area contributed by atoms with Crippen molar-refractivity contribution >= 4 is 50.7 Å². The number of amides is 1. The number of nitrogens with one attached hydrogen (secondary N) is 1. The Morgan fingerprint density at radius 3 is 2.86 bits per heavy atom. The first-order chi connectivity index (χ1) is 10.1. The fourth-order valence-electron chi connectivity index (χ4n) is 1.80. The number of halogens is 2. The molecule has 0 saturated heterocycles. The van der Waals surface area contributed by atoms with E-state index in [0.717, 1.165) is 15.2 Å². The van der Waals surface area contributed by atoms with Gasteiger partial charge in [-0.2, -0.15) is 0 Å². The van der Waals surface area contributed by atoms with Gasteiger partial charge in [0.05, 0.1) is 27.3 Å². The Hall–Kier alpha value is -1.69. The molecule has 106 valence electrons. The number of fused-ring (bicyclic) bond motifs is 1. The van der Waals surface area contributed by atoms with E-state index in [1.807, 2.05) is 24.3 Å². The average molecular weight is 338 g/mol. The van der Waals surface area contributed by atoms with Gasteiger partial charge in [-0.1, -0.05) is 35.3 Å². The van der Waals surface area contributed by atoms with Gasteiger partial charge in [-0.3, -0.25) is 4.79 Å². The molecule has 0 saturated carbocycles. The molecule has 0 aliphatic carbocycles. The molecule has 21 heavy (non-hydrogen) atoms. The minimum absolute atomic E-state index is 0.180. The summed E-state index contributed by atoms with van der Waals surface area (Å²) in [6.45, 7) is 0.360. The number of thiazole rings is 1. The summed E-state index contributed by atoms with van der Waals surface area (Å²) in [6, 6.07) is 9.34. The molecule has 0 spiro atoms. The zero-order chi connectivity index (χ0) is 14.8. The van der Waals surface area contributed by atoms with E-state index in [1.165, 1.54) is 12.3 Å². The molecule has 4 nitrogen and oxygen atoms in total. The molecule has 0 fully saturated rings. The van der Waals surface area contributed by atoms with Crippen molar-refractivity contribution in [2.75, 3.05) is 0 Å². The molecule has 0 radical (unpaired) electrons. The van der Waals surface area contributed by atoms with Gasteiger partial charge in [-0.25, -0.2) is 9.97 Å². The van der Waals surface area contributed by atoms with Crippen LogP contribution in [-0.2, 0) is 6.54 Å². The van der Waals surface area contributed by atoms with Crippen LogP contribution >= 0.6 is 34.5 Å². The largest absolute Gasteiger partial charge is 0.345 e. The molecule has 3 aromatic rings. The number of hydrogen-bond donors (Lipinski definition) is 1. The topological polar surface area (TPSA) is 54.9 Å². The number of rotatable bonds is 3. The van der Waals surface area contributed by atoms with Crippen LogP contribution in [0.25, 0.3) is 10.2 Å². The molecule has 2 heterocycles. The highest BCUT2D eigenvalue weighted by Gasteiger charge is 2.10. The van der Waals surface area contributed by atoms with Gasteiger partial charge in [0.2, 0.25) is 0 Å². The maximum Gasteiger partial charge on any atom is 0.253 e. The van der Waals surface area contributed by atoms with Gasteiger partial charge in [0, 0.05) is 6.20 Å². The number of aromatic nitrogens is 2. The van der Waals surface area contributed by atoms with Crippen LogP contribution < -0.4 is 5.32 Å². The Morgan fingerprint density at radius 1 is 1.29 bits per heavy atom. The van der Waals surface area contributed by atoms with Crippen LogP contribution in [0.1, 0.15) is 15.4 Å². The van der Waals surface area contributed by atoms with E-state index in [0.29, 0.717) is 12.1 Å². The van der Waals surface area contributed by atoms with Gasteiger partial charge in [0.15, 0.2) is 0 Å². The first kappa shape index (κ1) is 14.3. The van der Waals surface area contributed by atoms with Crippen molar-refractivity contribution < 1.29 is 4.79 Å². The molecule has 1 aromatic carbocycles. The van der Waals surface area contributed by atoms with E-state index in [-0.39, 0.29) is 16.1 Å². The van der Waals surface area contributed by atoms with E-state index >= 15 is 0 Å². The number of carbonyl (C=O) groups is 1. The standard InChI is InChI=1S/C14H9Cl2N3OS/c15-9-5-8(6-17-13(9)16)14(20)18-7-12-19-10-3-1-2-4-11(10)21-12/h1-6H,7H2,(H,18,20). The van der Waals surface area contributed by atoms with Crippen molar-refractivity contribution in [3.63, 3.8) is 0 Å². The van der Waals surface area contributed by atoms with Gasteiger partial charge in [-0.05, 0) is 18.2 Å². The summed E-state index contributed by atoms with van der Waals surface area (Å²) in [5.41, 5.74) is 1.30. The molecule has 1 N–H and O–H groups in total. The number of benzene rings is 1. The van der Waals surface area contributed by atoms with Crippen molar-refractivity contribution in [1.29, 1.82) is 0 Å². The second-order valence-corrected chi connectivity index (χ2v) is 6.14. The maximum atomic E-state index is 12.0. The molecule has 0 aliphatic heterocycles. The number of pyridine rings is 1. The molecule has 1 amide bonds. The summed E-state index contributed by atoms with van der Waals surface area (Å²) in [6.07, 6.45) is 1.39. The van der Waals surface area contributed by atoms with Crippen LogP contribution in [0, 0.1) is 0 Å². The molecule has 0 bridgehead atoms. The van der Waals surface area contributed by atoms with E-state index in [1.54, 1.807) is 11.3 Å². The number of para-hydroxylation sites is 1. The average Bonchev–Trinajstić information content (AvgIpc) is 2.90. The minimum atomic E-state index is -0.264. The van der Waals surface area contributed by atoms with E-state index in [9.17, 15) is 4.79 Å². The third-order valence-electron chi connectivity index (χ3n) is 2.80. The smallest absolute Gasteiger partial charge is 0.253 e. The SMILES string of the molecule is O=C(NCc1nc2ccccc2s1)c1cnc(Cl)c(Cl)c1. The number of hydrogen-bond acceptors (Lipinski definition) is 4. The summed E-state index contributed by atoms with van der Waals surface area (Å²) in [5, 5.41) is 4.07. The molecule has 2 aromatic heterocycles. The number of carbonyl (C=O) groups excluding carboxylic acids is 1. The highest BCUT2D eigenvalue weighted by Crippen LogP contribution is 2.22. The molecular weight excluding hydrogens is 329 g/mol. The lowest BCUT2D eigenvalue weighted by Gasteiger charge is -2.03. The maximum absolute atomic E-state index is 12.0. The van der Waals surface area contributed by atoms with Crippen molar-refractivity contribution in [3.05, 3.63) is 57.3 Å². The fourth-order valence-corrected chi connectivity index (χ4v) is 2.98. The predicted molar refractivity (Wildman–Crippen MR) is 85.0 cm³/mol. The van der Waals surface area contributed by atoms with E-state index < -0.39 is 0 Å². The van der Waals surface area contributed by atoms with Crippen LogP contribution in [0.4, 0.5) is 0 Å². The summed E-state index contributed by atoms with van der Waals surface area (Å²) >= 11 is 13.1. The van der Waals surface area contributed by atoms with Crippen molar-refractivity contribution in [1.82, 2.24) is 15.3 Å². The highest BCUT2D eigenvalue weighted by molar-refractivity contribution is 7.18. The van der Waals surface area contributed by atoms with Crippen LogP contribution in [0.2, 0.25) is 10.2 Å². The Labute approximate surface area is 134 Å². The van der Waals surface area contributed by atoms with Crippen molar-refractivity contribution in [2.24, 2.45) is 0 Å². The molecule has 0 unspecified atom stereocenters. The van der Waals surface area contributed by atoms with Gasteiger partial charge in [0.25, 0.3) is 5.91 Å². The first-order valence-electron chi connectivity index (χ1n) is 6.07. The first-order valence-corrected chi connectivity index (χ1v) is 7.64. The summed E-state index contributed by atoms with van der Waals surface area (Å²) in [5.74, 6) is -0.264. The Balaban J connectivity index is 1.71. The Kier molecular flexibility index (Phi) is 4.05. The zero-order valence-corrected chi connectivity index (χ0v) is 13.0. The quantitative estimate of drug-likeness (QED) is 0.736. The minimum Gasteiger partial charge on any atom is -0.345 e. The second-order valence-electron chi connectivity index (χ2n) is 4.25.